The third-order valence-corrected chi connectivity index (χ3v) is 7.04. The van der Waals surface area contributed by atoms with E-state index in [1.54, 1.807) is 0 Å². The second kappa shape index (κ2) is 8.04. The van der Waals surface area contributed by atoms with Crippen LogP contribution in [-0.2, 0) is 5.54 Å². The summed E-state index contributed by atoms with van der Waals surface area (Å²) in [5, 5.41) is 9.48. The number of fused-ring (bicyclic) bond motifs is 1. The van der Waals surface area contributed by atoms with Gasteiger partial charge in [0.25, 0.3) is 5.92 Å². The van der Waals surface area contributed by atoms with Gasteiger partial charge in [0.15, 0.2) is 17.6 Å². The zero-order valence-corrected chi connectivity index (χ0v) is 18.0. The number of benzene rings is 1. The molecule has 1 aliphatic carbocycles. The van der Waals surface area contributed by atoms with Gasteiger partial charge in [-0.2, -0.15) is 0 Å². The normalized spacial score (nSPS) is 27.8. The van der Waals surface area contributed by atoms with Crippen LogP contribution in [0.3, 0.4) is 0 Å². The molecule has 2 heterocycles. The van der Waals surface area contributed by atoms with Gasteiger partial charge in [-0.15, -0.1) is 6.42 Å². The molecule has 4 rings (SSSR count). The van der Waals surface area contributed by atoms with Gasteiger partial charge in [-0.05, 0) is 30.7 Å². The van der Waals surface area contributed by atoms with Crippen LogP contribution in [0, 0.1) is 24.1 Å². The summed E-state index contributed by atoms with van der Waals surface area (Å²) in [6, 6.07) is 3.56. The summed E-state index contributed by atoms with van der Waals surface area (Å²) in [6.07, 6.45) is 8.47. The first-order valence-corrected chi connectivity index (χ1v) is 10.5. The number of aromatic nitrogens is 2. The number of thioether (sulfide) groups is 1. The zero-order valence-electron chi connectivity index (χ0n) is 17.2. The summed E-state index contributed by atoms with van der Waals surface area (Å²) in [5.41, 5.74) is 3.89. The van der Waals surface area contributed by atoms with Crippen molar-refractivity contribution in [2.45, 2.75) is 23.1 Å². The first kappa shape index (κ1) is 23.1. The highest BCUT2D eigenvalue weighted by Crippen LogP contribution is 2.74. The van der Waals surface area contributed by atoms with E-state index in [2.05, 4.69) is 20.9 Å². The van der Waals surface area contributed by atoms with Crippen LogP contribution in [-0.4, -0.2) is 44.1 Å². The fourth-order valence-electron chi connectivity index (χ4n) is 4.19. The number of nitrogens with two attached hydrogens (primary N) is 1. The van der Waals surface area contributed by atoms with Gasteiger partial charge >= 0.3 is 0 Å². The Labute approximate surface area is 191 Å². The average Bonchev–Trinajstić information content (AvgIpc) is 3.29. The van der Waals surface area contributed by atoms with E-state index >= 15 is 0 Å². The fraction of sp³-hybridized carbons (Fsp3) is 0.318. The van der Waals surface area contributed by atoms with Gasteiger partial charge in [-0.25, -0.2) is 27.5 Å². The summed E-state index contributed by atoms with van der Waals surface area (Å²) in [4.78, 5) is 11.9. The molecule has 0 amide bonds. The molecule has 3 N–H and O–H groups in total. The molecule has 33 heavy (non-hydrogen) atoms. The van der Waals surface area contributed by atoms with Crippen molar-refractivity contribution in [3.63, 3.8) is 0 Å². The lowest BCUT2D eigenvalue weighted by molar-refractivity contribution is 0.0685. The molecule has 0 unspecified atom stereocenters. The number of nitrogens with zero attached hydrogens (tertiary/aromatic N) is 3. The summed E-state index contributed by atoms with van der Waals surface area (Å²) < 4.78 is 62.3. The number of hydrogen-bond acceptors (Lipinski definition) is 7. The first-order valence-electron chi connectivity index (χ1n) is 9.68. The van der Waals surface area contributed by atoms with Gasteiger partial charge in [0, 0.05) is 5.56 Å². The van der Waals surface area contributed by atoms with Crippen molar-refractivity contribution in [3.05, 3.63) is 53.2 Å². The van der Waals surface area contributed by atoms with Gasteiger partial charge in [0.1, 0.15) is 16.3 Å². The molecule has 0 bridgehead atoms. The number of aliphatic hydroxyl groups excluding tert-OH is 1. The van der Waals surface area contributed by atoms with Crippen molar-refractivity contribution in [2.24, 2.45) is 16.6 Å². The molecule has 2 aliphatic rings. The smallest absolute Gasteiger partial charge is 0.272 e. The summed E-state index contributed by atoms with van der Waals surface area (Å²) >= 11 is 0.588. The second-order valence-electron chi connectivity index (χ2n) is 7.77. The summed E-state index contributed by atoms with van der Waals surface area (Å²) in [6.45, 7) is 0.460. The third-order valence-electron chi connectivity index (χ3n) is 5.74. The maximum atomic E-state index is 14.8. The van der Waals surface area contributed by atoms with Gasteiger partial charge in [0.2, 0.25) is 5.88 Å². The van der Waals surface area contributed by atoms with Crippen molar-refractivity contribution < 1.29 is 27.4 Å². The molecule has 1 aromatic heterocycles. The van der Waals surface area contributed by atoms with E-state index < -0.39 is 40.4 Å². The van der Waals surface area contributed by atoms with Crippen molar-refractivity contribution in [1.82, 2.24) is 9.97 Å². The van der Waals surface area contributed by atoms with Crippen LogP contribution in [0.15, 0.2) is 35.6 Å². The number of ether oxygens (including phenoxy) is 1. The highest BCUT2D eigenvalue weighted by Gasteiger charge is 2.87. The monoisotopic (exact) mass is 478 g/mol. The number of alkyl halides is 2. The van der Waals surface area contributed by atoms with Crippen LogP contribution >= 0.6 is 11.8 Å². The standard InChI is InChI=1S/C22H18F4N4O2S/c1-3-6-32-17-10-28-16(9-29-17)15(24)8-12-4-5-14(23)13(7-12)20(2)18-21(11-31,22(18,25)26)33-19(27)30-20/h1,4-5,7-10,18,31H,6,11H2,2H3,(H2,27,30)/b15-8-/t18-,20-,21-/m1/s1. The Bertz CT molecular complexity index is 1200. The SMILES string of the molecule is C#CCOc1cnc(/C(F)=C/c2ccc(F)c([C@@]3(C)N=C(N)S[C@]4(CO)[C@@H]3C4(F)F)c2)cn1. The number of rotatable bonds is 6. The molecule has 6 nitrogen and oxygen atoms in total. The lowest BCUT2D eigenvalue weighted by Crippen LogP contribution is -2.37. The molecule has 1 saturated carbocycles. The number of terminal acetylenes is 1. The van der Waals surface area contributed by atoms with E-state index in [0.717, 1.165) is 18.3 Å². The Balaban J connectivity index is 1.69. The topological polar surface area (TPSA) is 93.6 Å². The van der Waals surface area contributed by atoms with Crippen LogP contribution in [0.25, 0.3) is 11.9 Å². The molecular weight excluding hydrogens is 460 g/mol. The fourth-order valence-corrected chi connectivity index (χ4v) is 5.55. The van der Waals surface area contributed by atoms with Crippen LogP contribution in [0.5, 0.6) is 5.88 Å². The van der Waals surface area contributed by atoms with E-state index in [1.807, 2.05) is 0 Å². The molecule has 1 aliphatic heterocycles. The first-order chi connectivity index (χ1) is 15.6. The van der Waals surface area contributed by atoms with Crippen LogP contribution in [0.2, 0.25) is 0 Å². The van der Waals surface area contributed by atoms with Gasteiger partial charge < -0.3 is 15.6 Å². The van der Waals surface area contributed by atoms with Crippen molar-refractivity contribution in [1.29, 1.82) is 0 Å². The largest absolute Gasteiger partial charge is 0.463 e. The van der Waals surface area contributed by atoms with E-state index in [1.165, 1.54) is 25.3 Å². The quantitative estimate of drug-likeness (QED) is 0.489. The van der Waals surface area contributed by atoms with Crippen LogP contribution in [0.4, 0.5) is 17.6 Å². The molecule has 2 aromatic rings. The van der Waals surface area contributed by atoms with Crippen molar-refractivity contribution in [2.75, 3.05) is 13.2 Å². The number of halogens is 4. The molecule has 0 radical (unpaired) electrons. The number of aliphatic hydroxyl groups is 1. The molecule has 3 atom stereocenters. The van der Waals surface area contributed by atoms with E-state index in [4.69, 9.17) is 16.9 Å². The van der Waals surface area contributed by atoms with Crippen molar-refractivity contribution in [3.8, 4) is 18.2 Å². The van der Waals surface area contributed by atoms with Crippen LogP contribution in [0.1, 0.15) is 23.7 Å². The van der Waals surface area contributed by atoms with Gasteiger partial charge in [0.05, 0.1) is 30.5 Å². The van der Waals surface area contributed by atoms with Gasteiger partial charge in [-0.3, -0.25) is 4.99 Å². The highest BCUT2D eigenvalue weighted by molar-refractivity contribution is 8.15. The lowest BCUT2D eigenvalue weighted by Gasteiger charge is -2.32. The third kappa shape index (κ3) is 3.63. The Kier molecular flexibility index (Phi) is 5.62. The lowest BCUT2D eigenvalue weighted by atomic mass is 9.84. The molecule has 0 saturated heterocycles. The van der Waals surface area contributed by atoms with E-state index in [0.29, 0.717) is 11.8 Å². The zero-order chi connectivity index (χ0) is 24.0. The Morgan fingerprint density at radius 1 is 1.36 bits per heavy atom. The number of amidine groups is 1. The Hall–Kier alpha value is -3.10. The minimum atomic E-state index is -3.33. The second-order valence-corrected chi connectivity index (χ2v) is 9.12. The summed E-state index contributed by atoms with van der Waals surface area (Å²) in [5.74, 6) is -4.03. The Morgan fingerprint density at radius 3 is 2.76 bits per heavy atom. The van der Waals surface area contributed by atoms with Crippen molar-refractivity contribution >= 4 is 28.8 Å². The average molecular weight is 478 g/mol. The van der Waals surface area contributed by atoms with E-state index in [-0.39, 0.29) is 34.5 Å². The maximum Gasteiger partial charge on any atom is 0.272 e. The molecule has 11 heteroatoms. The number of hydrogen-bond donors (Lipinski definition) is 2. The number of aliphatic imine (C=N–C) groups is 1. The molecule has 172 valence electrons. The maximum absolute atomic E-state index is 14.8. The van der Waals surface area contributed by atoms with Gasteiger partial charge in [-0.1, -0.05) is 23.7 Å². The molecular formula is C22H18F4N4O2S. The molecule has 0 spiro atoms. The minimum absolute atomic E-state index is 0.0212. The minimum Gasteiger partial charge on any atom is -0.463 e. The van der Waals surface area contributed by atoms with E-state index in [9.17, 15) is 22.7 Å². The Morgan fingerprint density at radius 2 is 2.12 bits per heavy atom. The van der Waals surface area contributed by atoms with Crippen LogP contribution < -0.4 is 10.5 Å². The highest BCUT2D eigenvalue weighted by atomic mass is 32.2. The summed E-state index contributed by atoms with van der Waals surface area (Å²) in [7, 11) is 0. The molecule has 1 fully saturated rings. The molecule has 1 aromatic carbocycles. The predicted molar refractivity (Wildman–Crippen MR) is 117 cm³/mol. The predicted octanol–water partition coefficient (Wildman–Crippen LogP) is 3.37.